The van der Waals surface area contributed by atoms with Gasteiger partial charge in [0.25, 0.3) is 52.9 Å². The highest BCUT2D eigenvalue weighted by Gasteiger charge is 2.72. The van der Waals surface area contributed by atoms with E-state index in [4.69, 9.17) is 9.47 Å². The van der Waals surface area contributed by atoms with Gasteiger partial charge in [0.15, 0.2) is 0 Å². The predicted octanol–water partition coefficient (Wildman–Crippen LogP) is 18.3. The summed E-state index contributed by atoms with van der Waals surface area (Å²) in [6.45, 7) is 0. The van der Waals surface area contributed by atoms with Crippen LogP contribution >= 0.6 is 31.9 Å². The minimum Gasteiger partial charge on any atom is -0.457 e. The van der Waals surface area contributed by atoms with Gasteiger partial charge < -0.3 is 9.47 Å². The molecular weight excluding hydrogens is 1460 g/mol. The highest BCUT2D eigenvalue weighted by molar-refractivity contribution is 9.11. The van der Waals surface area contributed by atoms with Gasteiger partial charge in [-0.3, -0.25) is 48.5 Å². The maximum absolute atomic E-state index is 15.4. The van der Waals surface area contributed by atoms with Crippen LogP contribution in [-0.4, -0.2) is 64.5 Å². The van der Waals surface area contributed by atoms with E-state index in [1.807, 2.05) is 36.4 Å². The Labute approximate surface area is 588 Å². The number of rotatable bonds is 14. The number of ether oxygens (including phenoxy) is 2. The lowest BCUT2D eigenvalue weighted by molar-refractivity contribution is -0.385. The van der Waals surface area contributed by atoms with Crippen molar-refractivity contribution in [2.45, 2.75) is 17.8 Å². The first-order valence-electron chi connectivity index (χ1n) is 30.6. The normalized spacial score (nSPS) is 14.2. The van der Waals surface area contributed by atoms with E-state index in [9.17, 15) is 48.5 Å². The number of alkyl halides is 6. The van der Waals surface area contributed by atoms with Crippen LogP contribution in [0, 0.1) is 10.1 Å². The van der Waals surface area contributed by atoms with E-state index in [2.05, 4.69) is 31.9 Å². The molecule has 17 nitrogen and oxygen atoms in total. The fourth-order valence-corrected chi connectivity index (χ4v) is 14.8. The number of imide groups is 4. The van der Waals surface area contributed by atoms with E-state index >= 15 is 26.3 Å². The Morgan fingerprint density at radius 1 is 0.333 bits per heavy atom. The molecule has 0 N–H and O–H groups in total. The quantitative estimate of drug-likeness (QED) is 0.0431. The molecule has 0 saturated carbocycles. The van der Waals surface area contributed by atoms with Crippen LogP contribution < -0.4 is 29.1 Å². The van der Waals surface area contributed by atoms with E-state index in [1.54, 1.807) is 48.5 Å². The molecule has 102 heavy (non-hydrogen) atoms. The summed E-state index contributed by atoms with van der Waals surface area (Å²) in [5, 5.41) is 11.5. The van der Waals surface area contributed by atoms with Gasteiger partial charge >= 0.3 is 12.4 Å². The molecule has 11 aromatic rings. The molecule has 500 valence electrons. The summed E-state index contributed by atoms with van der Waals surface area (Å²) in [7, 11) is 0. The van der Waals surface area contributed by atoms with E-state index in [1.165, 1.54) is 91.0 Å². The zero-order valence-corrected chi connectivity index (χ0v) is 54.8. The lowest BCUT2D eigenvalue weighted by Gasteiger charge is -2.38. The van der Waals surface area contributed by atoms with Crippen molar-refractivity contribution in [2.24, 2.45) is 0 Å². The number of hydrogen-bond acceptors (Lipinski definition) is 12. The maximum Gasteiger partial charge on any atom is 0.411 e. The summed E-state index contributed by atoms with van der Waals surface area (Å²) in [4.78, 5) is 127. The van der Waals surface area contributed by atoms with Gasteiger partial charge in [0.05, 0.1) is 72.2 Å². The number of fused-ring (bicyclic) bond motifs is 4. The summed E-state index contributed by atoms with van der Waals surface area (Å²) in [6, 6.07) is 53.5. The number of hydrogen-bond donors (Lipinski definition) is 0. The van der Waals surface area contributed by atoms with Crippen molar-refractivity contribution in [3.63, 3.8) is 0 Å². The van der Waals surface area contributed by atoms with Crippen LogP contribution in [0.2, 0.25) is 0 Å². The van der Waals surface area contributed by atoms with Crippen molar-refractivity contribution >= 4 is 108 Å². The topological polar surface area (TPSA) is 211 Å². The number of benzene rings is 11. The number of anilines is 4. The first kappa shape index (κ1) is 65.5. The average Bonchev–Trinajstić information content (AvgIpc) is 1.13. The molecule has 4 heterocycles. The second-order valence-corrected chi connectivity index (χ2v) is 25.4. The van der Waals surface area contributed by atoms with E-state index in [0.29, 0.717) is 46.6 Å². The molecule has 15 rings (SSSR count). The fourth-order valence-electron chi connectivity index (χ4n) is 13.3. The van der Waals surface area contributed by atoms with Crippen molar-refractivity contribution in [2.75, 3.05) is 19.6 Å². The third kappa shape index (κ3) is 10.4. The smallest absolute Gasteiger partial charge is 0.411 e. The molecule has 0 unspecified atom stereocenters. The first-order valence-corrected chi connectivity index (χ1v) is 32.2. The number of halogens is 8. The second-order valence-electron chi connectivity index (χ2n) is 23.6. The summed E-state index contributed by atoms with van der Waals surface area (Å²) >= 11 is 6.46. The zero-order chi connectivity index (χ0) is 71.6. The molecule has 0 saturated heterocycles. The Morgan fingerprint density at radius 3 is 1.16 bits per heavy atom. The first-order chi connectivity index (χ1) is 48.8. The molecule has 0 aliphatic carbocycles. The number of carbonyl (C=O) groups is 8. The van der Waals surface area contributed by atoms with Crippen molar-refractivity contribution in [3.8, 4) is 56.4 Å². The third-order valence-electron chi connectivity index (χ3n) is 18.0. The summed E-state index contributed by atoms with van der Waals surface area (Å²) in [6.07, 6.45) is -12.0. The van der Waals surface area contributed by atoms with E-state index in [0.717, 1.165) is 61.6 Å². The second kappa shape index (κ2) is 24.5. The van der Waals surface area contributed by atoms with Gasteiger partial charge in [0, 0.05) is 26.6 Å². The van der Waals surface area contributed by atoms with Crippen molar-refractivity contribution in [1.82, 2.24) is 0 Å². The van der Waals surface area contributed by atoms with Crippen LogP contribution in [0.4, 0.5) is 54.8 Å². The standard InChI is InChI=1S/C77H39Br2F6N5O12/c78-61-38-47(90(99)100)39-62(79)66(61)89-68(92)56-35-17-42(37-60(56)72(89)96)53-11-6-13-57-64(53)73(97)87(69(57)93)46-24-32-51(33-25-46)102-49-28-20-44(21-29-49)75(76(80,81)82,77(83,84)85)43-18-26-48(27-19-43)101-50-30-22-45(23-31-50)86-67(91)55-34-16-41(36-59(55)71(86)95)54-12-7-14-58-65(54)74(98)88(70(58)94)63-15-5-4-10-52(63)40-8-2-1-3-9-40/h1-39H. The van der Waals surface area contributed by atoms with Gasteiger partial charge in [0.2, 0.25) is 5.41 Å². The summed E-state index contributed by atoms with van der Waals surface area (Å²) < 4.78 is 104. The van der Waals surface area contributed by atoms with Crippen molar-refractivity contribution in [3.05, 3.63) is 311 Å². The third-order valence-corrected chi connectivity index (χ3v) is 19.2. The number of amides is 8. The van der Waals surface area contributed by atoms with Gasteiger partial charge in [-0.05, 0) is 186 Å². The van der Waals surface area contributed by atoms with E-state index in [-0.39, 0.29) is 110 Å². The van der Waals surface area contributed by atoms with Gasteiger partial charge in [0.1, 0.15) is 23.0 Å². The minimum absolute atomic E-state index is 0.00209. The summed E-state index contributed by atoms with van der Waals surface area (Å²) in [5.74, 6) is -5.86. The minimum atomic E-state index is -5.98. The van der Waals surface area contributed by atoms with Crippen LogP contribution in [-0.2, 0) is 5.41 Å². The van der Waals surface area contributed by atoms with Gasteiger partial charge in [-0.15, -0.1) is 0 Å². The van der Waals surface area contributed by atoms with Gasteiger partial charge in [-0.2, -0.15) is 26.3 Å². The van der Waals surface area contributed by atoms with Crippen LogP contribution in [0.25, 0.3) is 33.4 Å². The van der Waals surface area contributed by atoms with Crippen molar-refractivity contribution in [1.29, 1.82) is 0 Å². The molecular formula is C77H39Br2F6N5O12. The highest BCUT2D eigenvalue weighted by Crippen LogP contribution is 2.57. The van der Waals surface area contributed by atoms with Gasteiger partial charge in [-0.1, -0.05) is 109 Å². The number of nitro groups is 1. The van der Waals surface area contributed by atoms with Crippen LogP contribution in [0.5, 0.6) is 23.0 Å². The Bertz CT molecular complexity index is 5490. The maximum atomic E-state index is 15.4. The largest absolute Gasteiger partial charge is 0.457 e. The monoisotopic (exact) mass is 1500 g/mol. The molecule has 0 radical (unpaired) electrons. The Balaban J connectivity index is 0.616. The zero-order valence-electron chi connectivity index (χ0n) is 51.7. The molecule has 0 fully saturated rings. The van der Waals surface area contributed by atoms with E-state index < -0.39 is 81.1 Å². The van der Waals surface area contributed by atoms with Crippen LogP contribution in [0.15, 0.2) is 246 Å². The highest BCUT2D eigenvalue weighted by atomic mass is 79.9. The fraction of sp³-hybridized carbons (Fsp3) is 0.0390. The number of non-ortho nitro benzene ring substituents is 1. The number of carbonyl (C=O) groups excluding carboxylic acids is 8. The molecule has 0 aromatic heterocycles. The SMILES string of the molecule is O=C1c2ccc(-c3cccc4c3C(=O)N(c3ccccc3-c3ccccc3)C4=O)cc2C(=O)N1c1ccc(Oc2ccc(C(c3ccc(Oc4ccc(N5C(=O)c6cccc(-c7ccc8c(c7)C(=O)N(c7c(Br)cc([N+](=O)[O-])cc7Br)C8=O)c6C5=O)cc4)cc3)(C(F)(F)F)C(F)(F)F)cc2)cc1. The van der Waals surface area contributed by atoms with Gasteiger partial charge in [-0.25, -0.2) is 19.6 Å². The van der Waals surface area contributed by atoms with Crippen molar-refractivity contribution < 1.29 is 79.1 Å². The summed E-state index contributed by atoms with van der Waals surface area (Å²) in [5.41, 5.74) is -3.88. The molecule has 8 amide bonds. The number of nitrogens with zero attached hydrogens (tertiary/aromatic N) is 5. The molecule has 0 spiro atoms. The Hall–Kier alpha value is -12.5. The Kier molecular flexibility index (Phi) is 15.7. The average molecular weight is 1500 g/mol. The predicted molar refractivity (Wildman–Crippen MR) is 367 cm³/mol. The molecule has 4 aliphatic heterocycles. The lowest BCUT2D eigenvalue weighted by Crippen LogP contribution is -2.54. The molecule has 25 heteroatoms. The Morgan fingerprint density at radius 2 is 0.696 bits per heavy atom. The van der Waals surface area contributed by atoms with Crippen LogP contribution in [0.1, 0.15) is 94.0 Å². The molecule has 11 aromatic carbocycles. The number of nitro benzene ring substituents is 1. The molecule has 0 bridgehead atoms. The lowest BCUT2D eigenvalue weighted by atomic mass is 9.73. The number of para-hydroxylation sites is 1. The molecule has 4 aliphatic rings. The van der Waals surface area contributed by atoms with Crippen LogP contribution in [0.3, 0.4) is 0 Å². The molecule has 0 atom stereocenters.